The molecule has 2 aliphatic heterocycles. The van der Waals surface area contributed by atoms with Crippen LogP contribution in [0.25, 0.3) is 0 Å². The van der Waals surface area contributed by atoms with E-state index in [0.29, 0.717) is 18.2 Å². The SMILES string of the molecule is O=C(CN1CCC(CN2CCOCC2)CC1)Nc1cccc(F)c1. The highest BCUT2D eigenvalue weighted by atomic mass is 19.1. The number of morpholine rings is 1. The molecule has 0 aromatic heterocycles. The molecule has 0 radical (unpaired) electrons. The maximum Gasteiger partial charge on any atom is 0.238 e. The van der Waals surface area contributed by atoms with Gasteiger partial charge in [0.25, 0.3) is 0 Å². The molecule has 2 fully saturated rings. The summed E-state index contributed by atoms with van der Waals surface area (Å²) in [6.07, 6.45) is 2.26. The Balaban J connectivity index is 1.37. The molecular weight excluding hydrogens is 309 g/mol. The highest BCUT2D eigenvalue weighted by molar-refractivity contribution is 5.92. The Morgan fingerprint density at radius 3 is 2.62 bits per heavy atom. The van der Waals surface area contributed by atoms with E-state index < -0.39 is 0 Å². The van der Waals surface area contributed by atoms with Crippen LogP contribution in [-0.2, 0) is 9.53 Å². The van der Waals surface area contributed by atoms with Crippen molar-refractivity contribution in [2.24, 2.45) is 5.92 Å². The van der Waals surface area contributed by atoms with Crippen LogP contribution < -0.4 is 5.32 Å². The fraction of sp³-hybridized carbons (Fsp3) is 0.611. The summed E-state index contributed by atoms with van der Waals surface area (Å²) in [5, 5.41) is 2.76. The Morgan fingerprint density at radius 1 is 1.17 bits per heavy atom. The monoisotopic (exact) mass is 335 g/mol. The second kappa shape index (κ2) is 8.55. The highest BCUT2D eigenvalue weighted by Gasteiger charge is 2.23. The molecule has 24 heavy (non-hydrogen) atoms. The standard InChI is InChI=1S/C18H26FN3O2/c19-16-2-1-3-17(12-16)20-18(23)14-21-6-4-15(5-7-21)13-22-8-10-24-11-9-22/h1-3,12,15H,4-11,13-14H2,(H,20,23). The number of rotatable bonds is 5. The number of anilines is 1. The average molecular weight is 335 g/mol. The van der Waals surface area contributed by atoms with Crippen molar-refractivity contribution in [3.8, 4) is 0 Å². The van der Waals surface area contributed by atoms with Gasteiger partial charge in [-0.05, 0) is 50.0 Å². The summed E-state index contributed by atoms with van der Waals surface area (Å²) in [6, 6.07) is 6.01. The predicted octanol–water partition coefficient (Wildman–Crippen LogP) is 1.81. The molecular formula is C18H26FN3O2. The van der Waals surface area contributed by atoms with E-state index in [9.17, 15) is 9.18 Å². The summed E-state index contributed by atoms with van der Waals surface area (Å²) in [6.45, 7) is 7.19. The Hall–Kier alpha value is -1.50. The second-order valence-corrected chi connectivity index (χ2v) is 6.69. The number of piperidine rings is 1. The van der Waals surface area contributed by atoms with Gasteiger partial charge in [0.1, 0.15) is 5.82 Å². The van der Waals surface area contributed by atoms with Gasteiger partial charge in [-0.2, -0.15) is 0 Å². The fourth-order valence-electron chi connectivity index (χ4n) is 3.45. The van der Waals surface area contributed by atoms with Crippen LogP contribution in [0.2, 0.25) is 0 Å². The molecule has 2 heterocycles. The molecule has 1 aromatic carbocycles. The van der Waals surface area contributed by atoms with E-state index in [0.717, 1.165) is 58.8 Å². The van der Waals surface area contributed by atoms with Crippen molar-refractivity contribution >= 4 is 11.6 Å². The maximum absolute atomic E-state index is 13.1. The summed E-state index contributed by atoms with van der Waals surface area (Å²) in [7, 11) is 0. The zero-order valence-electron chi connectivity index (χ0n) is 14.0. The molecule has 2 saturated heterocycles. The number of nitrogens with one attached hydrogen (secondary N) is 1. The van der Waals surface area contributed by atoms with Gasteiger partial charge in [-0.3, -0.25) is 14.6 Å². The van der Waals surface area contributed by atoms with Gasteiger partial charge in [0, 0.05) is 25.3 Å². The summed E-state index contributed by atoms with van der Waals surface area (Å²) in [4.78, 5) is 16.8. The topological polar surface area (TPSA) is 44.8 Å². The number of hydrogen-bond donors (Lipinski definition) is 1. The summed E-state index contributed by atoms with van der Waals surface area (Å²) in [5.41, 5.74) is 0.516. The average Bonchev–Trinajstić information content (AvgIpc) is 2.57. The van der Waals surface area contributed by atoms with Crippen LogP contribution in [-0.4, -0.2) is 68.2 Å². The van der Waals surface area contributed by atoms with Crippen molar-refractivity contribution < 1.29 is 13.9 Å². The van der Waals surface area contributed by atoms with Crippen LogP contribution in [0.15, 0.2) is 24.3 Å². The quantitative estimate of drug-likeness (QED) is 0.891. The van der Waals surface area contributed by atoms with E-state index >= 15 is 0 Å². The van der Waals surface area contributed by atoms with E-state index in [1.165, 1.54) is 12.1 Å². The van der Waals surface area contributed by atoms with Gasteiger partial charge in [-0.1, -0.05) is 6.07 Å². The van der Waals surface area contributed by atoms with Crippen molar-refractivity contribution in [1.29, 1.82) is 0 Å². The molecule has 1 N–H and O–H groups in total. The van der Waals surface area contributed by atoms with Gasteiger partial charge in [-0.25, -0.2) is 4.39 Å². The van der Waals surface area contributed by atoms with E-state index in [-0.39, 0.29) is 11.7 Å². The molecule has 0 spiro atoms. The van der Waals surface area contributed by atoms with Crippen LogP contribution in [0.4, 0.5) is 10.1 Å². The number of nitrogens with zero attached hydrogens (tertiary/aromatic N) is 2. The predicted molar refractivity (Wildman–Crippen MR) is 91.5 cm³/mol. The maximum atomic E-state index is 13.1. The summed E-state index contributed by atoms with van der Waals surface area (Å²) < 4.78 is 18.5. The van der Waals surface area contributed by atoms with Crippen molar-refractivity contribution in [2.75, 3.05) is 57.8 Å². The molecule has 1 aromatic rings. The molecule has 0 saturated carbocycles. The van der Waals surface area contributed by atoms with Crippen LogP contribution in [0, 0.1) is 11.7 Å². The Labute approximate surface area is 142 Å². The number of ether oxygens (including phenoxy) is 1. The lowest BCUT2D eigenvalue weighted by Crippen LogP contribution is -2.44. The van der Waals surface area contributed by atoms with Crippen LogP contribution in [0.3, 0.4) is 0 Å². The van der Waals surface area contributed by atoms with Gasteiger partial charge < -0.3 is 10.1 Å². The molecule has 0 unspecified atom stereocenters. The number of amides is 1. The molecule has 2 aliphatic rings. The summed E-state index contributed by atoms with van der Waals surface area (Å²) >= 11 is 0. The van der Waals surface area contributed by atoms with Crippen LogP contribution in [0.5, 0.6) is 0 Å². The smallest absolute Gasteiger partial charge is 0.238 e. The number of hydrogen-bond acceptors (Lipinski definition) is 4. The van der Waals surface area contributed by atoms with Crippen molar-refractivity contribution in [2.45, 2.75) is 12.8 Å². The first-order valence-electron chi connectivity index (χ1n) is 8.77. The zero-order chi connectivity index (χ0) is 16.8. The Bertz CT molecular complexity index is 541. The normalized spacial score (nSPS) is 20.9. The third-order valence-electron chi connectivity index (χ3n) is 4.80. The fourth-order valence-corrected chi connectivity index (χ4v) is 3.45. The summed E-state index contributed by atoms with van der Waals surface area (Å²) in [5.74, 6) is 0.301. The third kappa shape index (κ3) is 5.26. The molecule has 6 heteroatoms. The van der Waals surface area contributed by atoms with E-state index in [2.05, 4.69) is 15.1 Å². The Kier molecular flexibility index (Phi) is 6.18. The number of benzene rings is 1. The van der Waals surface area contributed by atoms with Gasteiger partial charge in [-0.15, -0.1) is 0 Å². The van der Waals surface area contributed by atoms with Gasteiger partial charge in [0.15, 0.2) is 0 Å². The Morgan fingerprint density at radius 2 is 1.92 bits per heavy atom. The van der Waals surface area contributed by atoms with Crippen molar-refractivity contribution in [3.63, 3.8) is 0 Å². The minimum atomic E-state index is -0.336. The minimum Gasteiger partial charge on any atom is -0.379 e. The lowest BCUT2D eigenvalue weighted by Gasteiger charge is -2.35. The van der Waals surface area contributed by atoms with Crippen molar-refractivity contribution in [3.05, 3.63) is 30.1 Å². The number of carbonyl (C=O) groups excluding carboxylic acids is 1. The largest absolute Gasteiger partial charge is 0.379 e. The van der Waals surface area contributed by atoms with E-state index in [4.69, 9.17) is 4.74 Å². The third-order valence-corrected chi connectivity index (χ3v) is 4.80. The van der Waals surface area contributed by atoms with Gasteiger partial charge >= 0.3 is 0 Å². The second-order valence-electron chi connectivity index (χ2n) is 6.69. The van der Waals surface area contributed by atoms with Crippen LogP contribution >= 0.6 is 0 Å². The zero-order valence-corrected chi connectivity index (χ0v) is 14.0. The number of carbonyl (C=O) groups is 1. The minimum absolute atomic E-state index is 0.0766. The molecule has 0 atom stereocenters. The molecule has 1 amide bonds. The molecule has 132 valence electrons. The van der Waals surface area contributed by atoms with E-state index in [1.54, 1.807) is 12.1 Å². The van der Waals surface area contributed by atoms with E-state index in [1.807, 2.05) is 0 Å². The lowest BCUT2D eigenvalue weighted by molar-refractivity contribution is -0.117. The van der Waals surface area contributed by atoms with Gasteiger partial charge in [0.2, 0.25) is 5.91 Å². The number of halogens is 1. The van der Waals surface area contributed by atoms with Crippen molar-refractivity contribution in [1.82, 2.24) is 9.80 Å². The molecule has 3 rings (SSSR count). The number of likely N-dealkylation sites (tertiary alicyclic amines) is 1. The first kappa shape index (κ1) is 17.3. The first-order chi connectivity index (χ1) is 11.7. The molecule has 0 bridgehead atoms. The van der Waals surface area contributed by atoms with Crippen LogP contribution in [0.1, 0.15) is 12.8 Å². The molecule has 5 nitrogen and oxygen atoms in total. The first-order valence-corrected chi connectivity index (χ1v) is 8.77. The molecule has 0 aliphatic carbocycles. The van der Waals surface area contributed by atoms with Gasteiger partial charge in [0.05, 0.1) is 19.8 Å². The lowest BCUT2D eigenvalue weighted by atomic mass is 9.96. The highest BCUT2D eigenvalue weighted by Crippen LogP contribution is 2.19.